The number of nitrogens with zero attached hydrogens (tertiary/aromatic N) is 3. The van der Waals surface area contributed by atoms with Gasteiger partial charge in [-0.1, -0.05) is 36.4 Å². The predicted molar refractivity (Wildman–Crippen MR) is 146 cm³/mol. The van der Waals surface area contributed by atoms with Crippen LogP contribution in [0.4, 0.5) is 5.69 Å². The number of imidazole rings is 1. The van der Waals surface area contributed by atoms with Crippen molar-refractivity contribution in [3.8, 4) is 5.75 Å². The number of carbonyl (C=O) groups is 1. The fourth-order valence-electron chi connectivity index (χ4n) is 5.20. The average molecular weight is 482 g/mol. The number of unbranched alkanes of at least 4 members (excludes halogenated alkanes) is 1. The molecule has 1 aromatic heterocycles. The molecule has 0 bridgehead atoms. The first-order valence-corrected chi connectivity index (χ1v) is 12.9. The van der Waals surface area contributed by atoms with Crippen LogP contribution in [0.15, 0.2) is 60.7 Å². The molecule has 1 fully saturated rings. The molecule has 1 unspecified atom stereocenters. The van der Waals surface area contributed by atoms with Gasteiger partial charge < -0.3 is 14.2 Å². The van der Waals surface area contributed by atoms with Crippen molar-refractivity contribution in [2.45, 2.75) is 59.4 Å². The SMILES string of the molecule is Cc1ccc(C)c(OCCCCn2c(C3CC(=O)N(c4cccc(C)c4C)C3)nc3ccccc32)c1. The molecule has 5 heteroatoms. The minimum absolute atomic E-state index is 0.0796. The molecule has 1 amide bonds. The van der Waals surface area contributed by atoms with E-state index in [-0.39, 0.29) is 11.8 Å². The first kappa shape index (κ1) is 24.1. The van der Waals surface area contributed by atoms with Gasteiger partial charge in [0.1, 0.15) is 11.6 Å². The summed E-state index contributed by atoms with van der Waals surface area (Å²) in [6.07, 6.45) is 2.43. The normalized spacial score (nSPS) is 15.7. The Hall–Kier alpha value is -3.60. The highest BCUT2D eigenvalue weighted by Gasteiger charge is 2.35. The van der Waals surface area contributed by atoms with Crippen molar-refractivity contribution in [1.82, 2.24) is 9.55 Å². The van der Waals surface area contributed by atoms with Crippen LogP contribution < -0.4 is 9.64 Å². The highest BCUT2D eigenvalue weighted by atomic mass is 16.5. The Bertz CT molecular complexity index is 1400. The molecule has 4 aromatic rings. The molecule has 0 spiro atoms. The molecule has 5 rings (SSSR count). The number of hydrogen-bond donors (Lipinski definition) is 0. The standard InChI is InChI=1S/C31H35N3O2/c1-21-14-15-23(3)29(18-21)36-17-8-7-16-33-28-12-6-5-11-26(28)32-31(33)25-19-30(35)34(20-25)27-13-9-10-22(2)24(27)4/h5-6,9-15,18,25H,7-8,16-17,19-20H2,1-4H3. The number of fused-ring (bicyclic) bond motifs is 1. The van der Waals surface area contributed by atoms with Crippen LogP contribution in [0.2, 0.25) is 0 Å². The second kappa shape index (κ2) is 10.2. The van der Waals surface area contributed by atoms with Crippen LogP contribution in [0.5, 0.6) is 5.75 Å². The lowest BCUT2D eigenvalue weighted by molar-refractivity contribution is -0.117. The van der Waals surface area contributed by atoms with Crippen LogP contribution in [0, 0.1) is 27.7 Å². The van der Waals surface area contributed by atoms with Gasteiger partial charge in [0, 0.05) is 31.1 Å². The molecule has 1 atom stereocenters. The Balaban J connectivity index is 1.31. The lowest BCUT2D eigenvalue weighted by atomic mass is 10.1. The molecule has 3 aromatic carbocycles. The number of aryl methyl sites for hydroxylation is 4. The number of anilines is 1. The summed E-state index contributed by atoms with van der Waals surface area (Å²) in [7, 11) is 0. The number of aromatic nitrogens is 2. The van der Waals surface area contributed by atoms with Crippen molar-refractivity contribution in [1.29, 1.82) is 0 Å². The lowest BCUT2D eigenvalue weighted by Gasteiger charge is -2.20. The Kier molecular flexibility index (Phi) is 6.82. The number of ether oxygens (including phenoxy) is 1. The van der Waals surface area contributed by atoms with Crippen molar-refractivity contribution >= 4 is 22.6 Å². The van der Waals surface area contributed by atoms with E-state index in [9.17, 15) is 4.79 Å². The van der Waals surface area contributed by atoms with Crippen molar-refractivity contribution < 1.29 is 9.53 Å². The molecule has 36 heavy (non-hydrogen) atoms. The highest BCUT2D eigenvalue weighted by molar-refractivity contribution is 5.97. The lowest BCUT2D eigenvalue weighted by Crippen LogP contribution is -2.25. The molecule has 5 nitrogen and oxygen atoms in total. The van der Waals surface area contributed by atoms with Crippen LogP contribution in [-0.4, -0.2) is 28.6 Å². The molecule has 0 aliphatic carbocycles. The van der Waals surface area contributed by atoms with Crippen LogP contribution in [0.3, 0.4) is 0 Å². The first-order chi connectivity index (χ1) is 17.4. The number of para-hydroxylation sites is 2. The summed E-state index contributed by atoms with van der Waals surface area (Å²) < 4.78 is 8.41. The largest absolute Gasteiger partial charge is 0.493 e. The summed E-state index contributed by atoms with van der Waals surface area (Å²) in [5.41, 5.74) is 7.92. The Morgan fingerprint density at radius 2 is 1.78 bits per heavy atom. The average Bonchev–Trinajstić information content (AvgIpc) is 3.43. The molecular formula is C31H35N3O2. The van der Waals surface area contributed by atoms with Crippen molar-refractivity contribution in [3.63, 3.8) is 0 Å². The van der Waals surface area contributed by atoms with Gasteiger partial charge in [-0.15, -0.1) is 0 Å². The summed E-state index contributed by atoms with van der Waals surface area (Å²) in [4.78, 5) is 20.1. The quantitative estimate of drug-likeness (QED) is 0.265. The molecule has 1 aliphatic rings. The van der Waals surface area contributed by atoms with Crippen LogP contribution >= 0.6 is 0 Å². The smallest absolute Gasteiger partial charge is 0.227 e. The molecular weight excluding hydrogens is 446 g/mol. The maximum absolute atomic E-state index is 13.1. The Morgan fingerprint density at radius 1 is 0.944 bits per heavy atom. The second-order valence-electron chi connectivity index (χ2n) is 10.1. The molecule has 186 valence electrons. The first-order valence-electron chi connectivity index (χ1n) is 12.9. The molecule has 2 heterocycles. The van der Waals surface area contributed by atoms with E-state index in [2.05, 4.69) is 80.8 Å². The minimum atomic E-state index is 0.0796. The fraction of sp³-hybridized carbons (Fsp3) is 0.355. The van der Waals surface area contributed by atoms with E-state index in [0.29, 0.717) is 19.6 Å². The molecule has 0 saturated carbocycles. The molecule has 1 aliphatic heterocycles. The van der Waals surface area contributed by atoms with Crippen LogP contribution in [-0.2, 0) is 11.3 Å². The number of rotatable bonds is 8. The summed E-state index contributed by atoms with van der Waals surface area (Å²) >= 11 is 0. The van der Waals surface area contributed by atoms with E-state index in [4.69, 9.17) is 9.72 Å². The third-order valence-corrected chi connectivity index (χ3v) is 7.42. The summed E-state index contributed by atoms with van der Waals surface area (Å²) in [6.45, 7) is 10.6. The van der Waals surface area contributed by atoms with E-state index >= 15 is 0 Å². The van der Waals surface area contributed by atoms with Crippen LogP contribution in [0.1, 0.15) is 53.3 Å². The highest BCUT2D eigenvalue weighted by Crippen LogP contribution is 2.35. The number of benzene rings is 3. The van der Waals surface area contributed by atoms with Crippen LogP contribution in [0.25, 0.3) is 11.0 Å². The van der Waals surface area contributed by atoms with Gasteiger partial charge in [0.15, 0.2) is 0 Å². The van der Waals surface area contributed by atoms with Gasteiger partial charge in [-0.05, 0) is 87.1 Å². The van der Waals surface area contributed by atoms with E-state index in [1.165, 1.54) is 22.3 Å². The fourth-order valence-corrected chi connectivity index (χ4v) is 5.20. The summed E-state index contributed by atoms with van der Waals surface area (Å²) in [5, 5.41) is 0. The monoisotopic (exact) mass is 481 g/mol. The minimum Gasteiger partial charge on any atom is -0.493 e. The zero-order chi connectivity index (χ0) is 25.2. The van der Waals surface area contributed by atoms with Gasteiger partial charge in [-0.3, -0.25) is 4.79 Å². The third kappa shape index (κ3) is 4.75. The van der Waals surface area contributed by atoms with Crippen molar-refractivity contribution in [3.05, 3.63) is 88.7 Å². The topological polar surface area (TPSA) is 47.4 Å². The molecule has 0 radical (unpaired) electrons. The van der Waals surface area contributed by atoms with Gasteiger partial charge in [0.2, 0.25) is 5.91 Å². The second-order valence-corrected chi connectivity index (χ2v) is 10.1. The maximum atomic E-state index is 13.1. The van der Waals surface area contributed by atoms with Crippen molar-refractivity contribution in [2.75, 3.05) is 18.1 Å². The van der Waals surface area contributed by atoms with Gasteiger partial charge in [-0.25, -0.2) is 4.98 Å². The number of amides is 1. The third-order valence-electron chi connectivity index (χ3n) is 7.42. The number of hydrogen-bond acceptors (Lipinski definition) is 3. The van der Waals surface area contributed by atoms with Crippen molar-refractivity contribution in [2.24, 2.45) is 0 Å². The predicted octanol–water partition coefficient (Wildman–Crippen LogP) is 6.65. The zero-order valence-corrected chi connectivity index (χ0v) is 21.8. The summed E-state index contributed by atoms with van der Waals surface area (Å²) in [6, 6.07) is 20.8. The van der Waals surface area contributed by atoms with Gasteiger partial charge in [0.25, 0.3) is 0 Å². The van der Waals surface area contributed by atoms with Gasteiger partial charge in [0.05, 0.1) is 17.6 Å². The van der Waals surface area contributed by atoms with Gasteiger partial charge in [-0.2, -0.15) is 0 Å². The van der Waals surface area contributed by atoms with E-state index in [1.807, 2.05) is 17.0 Å². The zero-order valence-electron chi connectivity index (χ0n) is 21.8. The maximum Gasteiger partial charge on any atom is 0.227 e. The van der Waals surface area contributed by atoms with E-state index in [1.54, 1.807) is 0 Å². The van der Waals surface area contributed by atoms with E-state index in [0.717, 1.165) is 47.7 Å². The molecule has 1 saturated heterocycles. The van der Waals surface area contributed by atoms with Gasteiger partial charge >= 0.3 is 0 Å². The Labute approximate surface area is 213 Å². The summed E-state index contributed by atoms with van der Waals surface area (Å²) in [5.74, 6) is 2.25. The Morgan fingerprint density at radius 3 is 2.64 bits per heavy atom. The van der Waals surface area contributed by atoms with E-state index < -0.39 is 0 Å². The number of carbonyl (C=O) groups excluding carboxylic acids is 1. The molecule has 0 N–H and O–H groups in total.